The van der Waals surface area contributed by atoms with Crippen molar-refractivity contribution in [3.8, 4) is 11.3 Å². The second-order valence-corrected chi connectivity index (χ2v) is 5.58. The number of rotatable bonds is 6. The van der Waals surface area contributed by atoms with Crippen molar-refractivity contribution in [2.75, 3.05) is 6.54 Å². The summed E-state index contributed by atoms with van der Waals surface area (Å²) in [7, 11) is 0. The molecule has 0 amide bonds. The van der Waals surface area contributed by atoms with Gasteiger partial charge in [0.15, 0.2) is 0 Å². The number of aromatic nitrogens is 1. The van der Waals surface area contributed by atoms with Crippen LogP contribution in [-0.2, 0) is 6.54 Å². The van der Waals surface area contributed by atoms with E-state index >= 15 is 0 Å². The minimum absolute atomic E-state index is 0.0946. The van der Waals surface area contributed by atoms with Crippen LogP contribution < -0.4 is 5.32 Å². The third-order valence-corrected chi connectivity index (χ3v) is 3.86. The van der Waals surface area contributed by atoms with E-state index in [0.717, 1.165) is 23.7 Å². The monoisotopic (exact) mass is 311 g/mol. The van der Waals surface area contributed by atoms with E-state index in [4.69, 9.17) is 11.6 Å². The summed E-state index contributed by atoms with van der Waals surface area (Å²) in [5.41, 5.74) is 1.35. The summed E-state index contributed by atoms with van der Waals surface area (Å²) in [5, 5.41) is 17.2. The molecule has 0 radical (unpaired) electrons. The molecule has 0 atom stereocenters. The number of nitrogens with one attached hydrogen (secondary N) is 1. The predicted molar refractivity (Wildman–Crippen MR) is 81.2 cm³/mol. The minimum Gasteiger partial charge on any atom is -0.310 e. The van der Waals surface area contributed by atoms with Crippen LogP contribution in [0.15, 0.2) is 23.6 Å². The Hall–Kier alpha value is -1.50. The third kappa shape index (κ3) is 3.53. The molecule has 2 aromatic rings. The molecule has 7 heteroatoms. The van der Waals surface area contributed by atoms with Crippen LogP contribution in [0.25, 0.3) is 11.3 Å². The van der Waals surface area contributed by atoms with Crippen molar-refractivity contribution in [2.45, 2.75) is 19.9 Å². The number of benzene rings is 1. The smallest absolute Gasteiger partial charge is 0.288 e. The molecule has 20 heavy (non-hydrogen) atoms. The van der Waals surface area contributed by atoms with Crippen LogP contribution in [0.2, 0.25) is 5.02 Å². The summed E-state index contributed by atoms with van der Waals surface area (Å²) in [6.07, 6.45) is 1.07. The first kappa shape index (κ1) is 14.9. The van der Waals surface area contributed by atoms with Crippen LogP contribution in [0, 0.1) is 10.1 Å². The molecule has 5 nitrogen and oxygen atoms in total. The van der Waals surface area contributed by atoms with Gasteiger partial charge in [0, 0.05) is 23.6 Å². The maximum absolute atomic E-state index is 10.9. The largest absolute Gasteiger partial charge is 0.310 e. The summed E-state index contributed by atoms with van der Waals surface area (Å²) in [6, 6.07) is 4.73. The average molecular weight is 312 g/mol. The number of nitro benzene ring substituents is 1. The predicted octanol–water partition coefficient (Wildman–Crippen LogP) is 3.87. The molecule has 0 spiro atoms. The van der Waals surface area contributed by atoms with Crippen molar-refractivity contribution >= 4 is 28.6 Å². The van der Waals surface area contributed by atoms with Gasteiger partial charge in [-0.25, -0.2) is 4.98 Å². The fraction of sp³-hybridized carbons (Fsp3) is 0.308. The zero-order chi connectivity index (χ0) is 14.5. The maximum Gasteiger partial charge on any atom is 0.288 e. The van der Waals surface area contributed by atoms with Crippen molar-refractivity contribution < 1.29 is 4.92 Å². The third-order valence-electron chi connectivity index (χ3n) is 2.69. The Kier molecular flexibility index (Phi) is 5.05. The Morgan fingerprint density at radius 1 is 1.50 bits per heavy atom. The zero-order valence-electron chi connectivity index (χ0n) is 10.9. The van der Waals surface area contributed by atoms with Crippen LogP contribution in [0.5, 0.6) is 0 Å². The average Bonchev–Trinajstić information content (AvgIpc) is 2.88. The summed E-state index contributed by atoms with van der Waals surface area (Å²) in [6.45, 7) is 3.77. The van der Waals surface area contributed by atoms with E-state index in [9.17, 15) is 10.1 Å². The van der Waals surface area contributed by atoms with Crippen molar-refractivity contribution in [1.82, 2.24) is 10.3 Å². The van der Waals surface area contributed by atoms with Gasteiger partial charge in [-0.2, -0.15) is 0 Å². The second-order valence-electron chi connectivity index (χ2n) is 4.23. The van der Waals surface area contributed by atoms with Crippen LogP contribution in [0.3, 0.4) is 0 Å². The highest BCUT2D eigenvalue weighted by molar-refractivity contribution is 7.09. The summed E-state index contributed by atoms with van der Waals surface area (Å²) in [5.74, 6) is 0. The molecule has 1 heterocycles. The Balaban J connectivity index is 2.19. The van der Waals surface area contributed by atoms with E-state index in [1.54, 1.807) is 6.07 Å². The molecular weight excluding hydrogens is 298 g/mol. The highest BCUT2D eigenvalue weighted by Gasteiger charge is 2.14. The topological polar surface area (TPSA) is 68.1 Å². The van der Waals surface area contributed by atoms with Gasteiger partial charge in [0.1, 0.15) is 10.0 Å². The molecule has 106 valence electrons. The number of halogens is 1. The van der Waals surface area contributed by atoms with Gasteiger partial charge in [-0.1, -0.05) is 24.6 Å². The minimum atomic E-state index is -0.484. The second kappa shape index (κ2) is 6.78. The molecule has 2 rings (SSSR count). The lowest BCUT2D eigenvalue weighted by atomic mass is 10.1. The quantitative estimate of drug-likeness (QED) is 0.499. The van der Waals surface area contributed by atoms with Gasteiger partial charge >= 0.3 is 0 Å². The van der Waals surface area contributed by atoms with Gasteiger partial charge in [0.25, 0.3) is 5.69 Å². The SMILES string of the molecule is CCCNCc1nc(-c2ccc(Cl)c([N+](=O)[O-])c2)cs1. The van der Waals surface area contributed by atoms with Crippen molar-refractivity contribution in [2.24, 2.45) is 0 Å². The van der Waals surface area contributed by atoms with E-state index in [1.165, 1.54) is 23.5 Å². The summed E-state index contributed by atoms with van der Waals surface area (Å²) in [4.78, 5) is 14.9. The fourth-order valence-corrected chi connectivity index (χ4v) is 2.67. The number of nitrogens with zero attached hydrogens (tertiary/aromatic N) is 2. The zero-order valence-corrected chi connectivity index (χ0v) is 12.5. The van der Waals surface area contributed by atoms with Crippen LogP contribution in [-0.4, -0.2) is 16.5 Å². The van der Waals surface area contributed by atoms with Crippen LogP contribution >= 0.6 is 22.9 Å². The van der Waals surface area contributed by atoms with Gasteiger partial charge < -0.3 is 5.32 Å². The van der Waals surface area contributed by atoms with Gasteiger partial charge in [-0.15, -0.1) is 11.3 Å². The van der Waals surface area contributed by atoms with E-state index in [2.05, 4.69) is 17.2 Å². The standard InChI is InChI=1S/C13H14ClN3O2S/c1-2-5-15-7-13-16-11(8-20-13)9-3-4-10(14)12(6-9)17(18)19/h3-4,6,8,15H,2,5,7H2,1H3. The van der Waals surface area contributed by atoms with Gasteiger partial charge in [0.05, 0.1) is 10.6 Å². The van der Waals surface area contributed by atoms with Crippen molar-refractivity contribution in [1.29, 1.82) is 0 Å². The van der Waals surface area contributed by atoms with Crippen molar-refractivity contribution in [3.05, 3.63) is 43.7 Å². The van der Waals surface area contributed by atoms with Crippen LogP contribution in [0.4, 0.5) is 5.69 Å². The highest BCUT2D eigenvalue weighted by atomic mass is 35.5. The molecule has 0 saturated carbocycles. The molecule has 1 aromatic carbocycles. The Labute approximate surface area is 125 Å². The first-order valence-corrected chi connectivity index (χ1v) is 7.47. The molecule has 0 aliphatic heterocycles. The molecule has 1 aromatic heterocycles. The van der Waals surface area contributed by atoms with E-state index in [-0.39, 0.29) is 10.7 Å². The molecular formula is C13H14ClN3O2S. The molecule has 0 fully saturated rings. The summed E-state index contributed by atoms with van der Waals surface area (Å²) < 4.78 is 0. The first-order valence-electron chi connectivity index (χ1n) is 6.21. The Bertz CT molecular complexity index is 615. The molecule has 0 aliphatic carbocycles. The number of hydrogen-bond acceptors (Lipinski definition) is 5. The normalized spacial score (nSPS) is 10.7. The van der Waals surface area contributed by atoms with E-state index in [0.29, 0.717) is 12.1 Å². The Morgan fingerprint density at radius 3 is 3.00 bits per heavy atom. The van der Waals surface area contributed by atoms with E-state index < -0.39 is 4.92 Å². The lowest BCUT2D eigenvalue weighted by molar-refractivity contribution is -0.384. The molecule has 0 saturated heterocycles. The lowest BCUT2D eigenvalue weighted by Crippen LogP contribution is -2.13. The Morgan fingerprint density at radius 2 is 2.30 bits per heavy atom. The first-order chi connectivity index (χ1) is 9.61. The summed E-state index contributed by atoms with van der Waals surface area (Å²) >= 11 is 7.34. The van der Waals surface area contributed by atoms with Gasteiger partial charge in [-0.05, 0) is 19.0 Å². The number of thiazole rings is 1. The number of nitro groups is 1. The van der Waals surface area contributed by atoms with Crippen LogP contribution in [0.1, 0.15) is 18.4 Å². The molecule has 0 unspecified atom stereocenters. The lowest BCUT2D eigenvalue weighted by Gasteiger charge is -2.00. The highest BCUT2D eigenvalue weighted by Crippen LogP contribution is 2.30. The molecule has 0 aliphatic rings. The maximum atomic E-state index is 10.9. The number of hydrogen-bond donors (Lipinski definition) is 1. The van der Waals surface area contributed by atoms with Gasteiger partial charge in [-0.3, -0.25) is 10.1 Å². The fourth-order valence-electron chi connectivity index (χ4n) is 1.71. The molecule has 0 bridgehead atoms. The van der Waals surface area contributed by atoms with E-state index in [1.807, 2.05) is 5.38 Å². The molecule has 1 N–H and O–H groups in total. The van der Waals surface area contributed by atoms with Gasteiger partial charge in [0.2, 0.25) is 0 Å². The van der Waals surface area contributed by atoms with Crippen molar-refractivity contribution in [3.63, 3.8) is 0 Å².